The molecule has 0 heterocycles. The first-order valence-corrected chi connectivity index (χ1v) is 5.63. The highest BCUT2D eigenvalue weighted by Crippen LogP contribution is 2.27. The number of rotatable bonds is 3. The van der Waals surface area contributed by atoms with Crippen molar-refractivity contribution in [2.75, 3.05) is 0 Å². The Bertz CT molecular complexity index is 184. The predicted octanol–water partition coefficient (Wildman–Crippen LogP) is 1.50. The topological polar surface area (TPSA) is 43.4 Å². The zero-order valence-electron chi connectivity index (χ0n) is 7.36. The molecule has 1 aliphatic rings. The molecule has 1 rings (SSSR count). The molecule has 0 aliphatic heterocycles. The smallest absolute Gasteiger partial charge is 0.257 e. The number of thiol groups is 1. The molecule has 0 spiro atoms. The normalized spacial score (nSPS) is 30.8. The van der Waals surface area contributed by atoms with Gasteiger partial charge in [-0.05, 0) is 31.6 Å². The molecule has 3 nitrogen and oxygen atoms in total. The van der Waals surface area contributed by atoms with Gasteiger partial charge in [0.25, 0.3) is 11.0 Å². The summed E-state index contributed by atoms with van der Waals surface area (Å²) in [4.78, 5) is 0. The summed E-state index contributed by atoms with van der Waals surface area (Å²) < 4.78 is 25.2. The van der Waals surface area contributed by atoms with Crippen LogP contribution in [0.4, 0.5) is 0 Å². The Morgan fingerprint density at radius 1 is 1.25 bits per heavy atom. The molecule has 72 valence electrons. The van der Waals surface area contributed by atoms with Crippen LogP contribution in [0.3, 0.4) is 0 Å². The maximum atomic E-state index is 10.2. The average molecular weight is 192 g/mol. The summed E-state index contributed by atoms with van der Waals surface area (Å²) in [5, 5.41) is 0. The van der Waals surface area contributed by atoms with Crippen LogP contribution in [0, 0.1) is 5.92 Å². The van der Waals surface area contributed by atoms with Gasteiger partial charge in [0.05, 0.1) is 6.10 Å². The molecule has 4 heteroatoms. The van der Waals surface area contributed by atoms with Gasteiger partial charge in [-0.25, -0.2) is 8.42 Å². The lowest BCUT2D eigenvalue weighted by Crippen LogP contribution is -2.20. The quantitative estimate of drug-likeness (QED) is 0.689. The van der Waals surface area contributed by atoms with Crippen molar-refractivity contribution in [1.82, 2.24) is 0 Å². The highest BCUT2D eigenvalue weighted by molar-refractivity contribution is 7.67. The van der Waals surface area contributed by atoms with E-state index < -0.39 is 11.0 Å². The summed E-state index contributed by atoms with van der Waals surface area (Å²) >= 11 is 0. The van der Waals surface area contributed by atoms with Gasteiger partial charge in [-0.15, -0.1) is 0 Å². The predicted molar refractivity (Wildman–Crippen MR) is 47.4 cm³/mol. The fraction of sp³-hybridized carbons (Fsp3) is 1.00. The third-order valence-corrected chi connectivity index (χ3v) is 3.08. The maximum Gasteiger partial charge on any atom is 0.257 e. The van der Waals surface area contributed by atoms with Crippen molar-refractivity contribution >= 4 is 11.0 Å². The first-order valence-electron chi connectivity index (χ1n) is 4.53. The molecule has 0 aromatic rings. The van der Waals surface area contributed by atoms with Crippen molar-refractivity contribution in [3.63, 3.8) is 0 Å². The Kier molecular flexibility index (Phi) is 4.01. The summed E-state index contributed by atoms with van der Waals surface area (Å²) in [7, 11) is -2.64. The molecule has 0 radical (unpaired) electrons. The van der Waals surface area contributed by atoms with Crippen molar-refractivity contribution in [3.8, 4) is 0 Å². The monoisotopic (exact) mass is 192 g/mol. The van der Waals surface area contributed by atoms with Crippen molar-refractivity contribution in [3.05, 3.63) is 0 Å². The van der Waals surface area contributed by atoms with Crippen molar-refractivity contribution in [1.29, 1.82) is 0 Å². The molecule has 0 saturated heterocycles. The van der Waals surface area contributed by atoms with Crippen molar-refractivity contribution in [2.45, 2.75) is 45.1 Å². The molecule has 0 unspecified atom stereocenters. The molecular formula is C8H16O3S. The van der Waals surface area contributed by atoms with E-state index in [0.29, 0.717) is 0 Å². The van der Waals surface area contributed by atoms with E-state index in [2.05, 4.69) is 6.92 Å². The molecular weight excluding hydrogens is 176 g/mol. The first kappa shape index (κ1) is 9.99. The fourth-order valence-corrected chi connectivity index (χ4v) is 2.22. The fourth-order valence-electron chi connectivity index (χ4n) is 1.77. The first-order chi connectivity index (χ1) is 5.72. The largest absolute Gasteiger partial charge is 0.269 e. The van der Waals surface area contributed by atoms with Crippen LogP contribution in [0.1, 0.15) is 39.0 Å². The molecule has 0 atom stereocenters. The van der Waals surface area contributed by atoms with Crippen LogP contribution in [0.5, 0.6) is 0 Å². The van der Waals surface area contributed by atoms with Crippen LogP contribution in [0.25, 0.3) is 0 Å². The summed E-state index contributed by atoms with van der Waals surface area (Å²) in [6.45, 7) is 2.18. The van der Waals surface area contributed by atoms with E-state index >= 15 is 0 Å². The Balaban J connectivity index is 2.26. The van der Waals surface area contributed by atoms with E-state index in [1.807, 2.05) is 0 Å². The van der Waals surface area contributed by atoms with E-state index in [0.717, 1.165) is 31.6 Å². The minimum absolute atomic E-state index is 0.0334. The van der Waals surface area contributed by atoms with Gasteiger partial charge in [-0.3, -0.25) is 4.18 Å². The molecule has 0 aromatic heterocycles. The Morgan fingerprint density at radius 3 is 2.25 bits per heavy atom. The maximum absolute atomic E-state index is 10.2. The Morgan fingerprint density at radius 2 is 1.83 bits per heavy atom. The average Bonchev–Trinajstić information content (AvgIpc) is 2.05. The highest BCUT2D eigenvalue weighted by Gasteiger charge is 2.20. The van der Waals surface area contributed by atoms with Crippen LogP contribution >= 0.6 is 0 Å². The summed E-state index contributed by atoms with van der Waals surface area (Å²) in [6, 6.07) is 0. The lowest BCUT2D eigenvalue weighted by atomic mass is 9.86. The molecule has 0 bridgehead atoms. The van der Waals surface area contributed by atoms with Crippen molar-refractivity contribution < 1.29 is 12.6 Å². The van der Waals surface area contributed by atoms with Crippen LogP contribution < -0.4 is 0 Å². The molecule has 1 fully saturated rings. The van der Waals surface area contributed by atoms with Gasteiger partial charge in [0.2, 0.25) is 0 Å². The Hall–Kier alpha value is -0.0900. The van der Waals surface area contributed by atoms with E-state index in [4.69, 9.17) is 4.18 Å². The van der Waals surface area contributed by atoms with Gasteiger partial charge in [0.15, 0.2) is 0 Å². The number of hydrogen-bond donors (Lipinski definition) is 1. The zero-order chi connectivity index (χ0) is 8.97. The van der Waals surface area contributed by atoms with E-state index in [1.165, 1.54) is 6.42 Å². The molecule has 1 saturated carbocycles. The highest BCUT2D eigenvalue weighted by atomic mass is 32.2. The van der Waals surface area contributed by atoms with Crippen molar-refractivity contribution in [2.24, 2.45) is 5.92 Å². The molecule has 1 aliphatic carbocycles. The molecule has 0 N–H and O–H groups in total. The molecule has 12 heavy (non-hydrogen) atoms. The van der Waals surface area contributed by atoms with E-state index in [1.54, 1.807) is 0 Å². The van der Waals surface area contributed by atoms with Gasteiger partial charge >= 0.3 is 0 Å². The third kappa shape index (κ3) is 3.11. The summed E-state index contributed by atoms with van der Waals surface area (Å²) in [5.74, 6) is 0.786. The molecule has 0 aromatic carbocycles. The second kappa shape index (κ2) is 4.82. The van der Waals surface area contributed by atoms with Crippen LogP contribution in [-0.2, 0) is 15.2 Å². The SMILES string of the molecule is CCC1CCC(O[SH](=O)=O)CC1. The Labute approximate surface area is 75.3 Å². The molecule has 0 amide bonds. The second-order valence-electron chi connectivity index (χ2n) is 3.38. The lowest BCUT2D eigenvalue weighted by molar-refractivity contribution is 0.142. The minimum atomic E-state index is -2.64. The van der Waals surface area contributed by atoms with Gasteiger partial charge < -0.3 is 0 Å². The van der Waals surface area contributed by atoms with Gasteiger partial charge in [-0.2, -0.15) is 0 Å². The van der Waals surface area contributed by atoms with Crippen LogP contribution in [-0.4, -0.2) is 14.5 Å². The summed E-state index contributed by atoms with van der Waals surface area (Å²) in [6.07, 6.45) is 5.21. The van der Waals surface area contributed by atoms with E-state index in [9.17, 15) is 8.42 Å². The van der Waals surface area contributed by atoms with Gasteiger partial charge in [0, 0.05) is 0 Å². The minimum Gasteiger partial charge on any atom is -0.269 e. The lowest BCUT2D eigenvalue weighted by Gasteiger charge is -2.25. The van der Waals surface area contributed by atoms with Crippen LogP contribution in [0.2, 0.25) is 0 Å². The second-order valence-corrected chi connectivity index (χ2v) is 4.04. The van der Waals surface area contributed by atoms with Crippen LogP contribution in [0.15, 0.2) is 0 Å². The summed E-state index contributed by atoms with van der Waals surface area (Å²) in [5.41, 5.74) is 0. The van der Waals surface area contributed by atoms with E-state index in [-0.39, 0.29) is 6.10 Å². The standard InChI is InChI=1S/C8H16O3S/c1-2-7-3-5-8(6-4-7)11-12(9)10/h7-8,12H,2-6H2,1H3. The number of hydrogen-bond acceptors (Lipinski definition) is 3. The van der Waals surface area contributed by atoms with Gasteiger partial charge in [-0.1, -0.05) is 13.3 Å². The third-order valence-electron chi connectivity index (χ3n) is 2.61. The van der Waals surface area contributed by atoms with Gasteiger partial charge in [0.1, 0.15) is 0 Å². The zero-order valence-corrected chi connectivity index (χ0v) is 8.26.